The van der Waals surface area contributed by atoms with Crippen molar-refractivity contribution in [1.29, 1.82) is 0 Å². The van der Waals surface area contributed by atoms with E-state index in [1.54, 1.807) is 0 Å². The molecule has 1 aromatic rings. The van der Waals surface area contributed by atoms with E-state index in [9.17, 15) is 9.90 Å². The molecule has 4 nitrogen and oxygen atoms in total. The number of hydrogen-bond donors (Lipinski definition) is 2. The number of carbonyl (C=O) groups excluding carboxylic acids is 1. The summed E-state index contributed by atoms with van der Waals surface area (Å²) in [5, 5.41) is 13.6. The fourth-order valence-electron chi connectivity index (χ4n) is 1.01. The minimum Gasteiger partial charge on any atom is -0.352 e. The first kappa shape index (κ1) is 9.64. The molecule has 0 aliphatic heterocycles. The van der Waals surface area contributed by atoms with Gasteiger partial charge in [-0.05, 0) is 12.5 Å². The fourth-order valence-corrected chi connectivity index (χ4v) is 1.01. The number of aromatic nitrogens is 1. The predicted octanol–water partition coefficient (Wildman–Crippen LogP) is 1.69. The first-order valence-electron chi connectivity index (χ1n) is 4.38. The maximum absolute atomic E-state index is 11.3. The molecule has 1 heterocycles. The molecular weight excluding hydrogens is 168 g/mol. The molecule has 0 spiro atoms. The Morgan fingerprint density at radius 2 is 2.38 bits per heavy atom. The summed E-state index contributed by atoms with van der Waals surface area (Å²) in [5.41, 5.74) is 0.191. The molecule has 0 aliphatic carbocycles. The molecule has 0 saturated heterocycles. The van der Waals surface area contributed by atoms with E-state index in [2.05, 4.69) is 10.3 Å². The van der Waals surface area contributed by atoms with Crippen molar-refractivity contribution < 1.29 is 9.90 Å². The predicted molar refractivity (Wildman–Crippen MR) is 48.2 cm³/mol. The fraction of sp³-hybridized carbons (Fsp3) is 0.444. The number of rotatable bonds is 4. The lowest BCUT2D eigenvalue weighted by molar-refractivity contribution is 0.0948. The summed E-state index contributed by atoms with van der Waals surface area (Å²) < 4.78 is 0. The maximum atomic E-state index is 11.3. The molecule has 4 heteroatoms. The molecule has 0 unspecified atom stereocenters. The summed E-state index contributed by atoms with van der Waals surface area (Å²) in [6.07, 6.45) is 3.43. The van der Waals surface area contributed by atoms with Gasteiger partial charge >= 0.3 is 0 Å². The Morgan fingerprint density at radius 1 is 1.62 bits per heavy atom. The molecule has 1 aromatic heterocycles. The van der Waals surface area contributed by atoms with Gasteiger partial charge in [-0.15, -0.1) is 0 Å². The third kappa shape index (κ3) is 2.50. The number of amides is 1. The van der Waals surface area contributed by atoms with E-state index in [1.165, 1.54) is 12.3 Å². The van der Waals surface area contributed by atoms with Crippen molar-refractivity contribution in [2.45, 2.75) is 19.8 Å². The topological polar surface area (TPSA) is 64.8 Å². The molecule has 0 aromatic carbocycles. The third-order valence-electron chi connectivity index (χ3n) is 1.77. The van der Waals surface area contributed by atoms with Gasteiger partial charge in [-0.25, -0.2) is 0 Å². The van der Waals surface area contributed by atoms with Crippen molar-refractivity contribution in [3.05, 3.63) is 17.8 Å². The highest BCUT2D eigenvalue weighted by Crippen LogP contribution is 2.13. The highest BCUT2D eigenvalue weighted by Gasteiger charge is 2.11. The number of nitrogens with one attached hydrogen (secondary N) is 2. The van der Waals surface area contributed by atoms with Gasteiger partial charge in [0.15, 0.2) is 0 Å². The second kappa shape index (κ2) is 4.54. The van der Waals surface area contributed by atoms with Crippen LogP contribution in [0.15, 0.2) is 12.3 Å². The number of hydrogen-bond acceptors (Lipinski definition) is 1. The van der Waals surface area contributed by atoms with E-state index >= 15 is 0 Å². The zero-order valence-corrected chi connectivity index (χ0v) is 7.59. The van der Waals surface area contributed by atoms with E-state index in [4.69, 9.17) is 0 Å². The monoisotopic (exact) mass is 181 g/mol. The molecule has 13 heavy (non-hydrogen) atoms. The van der Waals surface area contributed by atoms with Crippen LogP contribution < -0.4 is 5.32 Å². The van der Waals surface area contributed by atoms with Gasteiger partial charge in [-0.1, -0.05) is 13.3 Å². The van der Waals surface area contributed by atoms with Crippen molar-refractivity contribution in [3.8, 4) is 5.88 Å². The first-order chi connectivity index (χ1) is 6.25. The van der Waals surface area contributed by atoms with E-state index in [0.717, 1.165) is 12.8 Å². The summed E-state index contributed by atoms with van der Waals surface area (Å²) in [7, 11) is 0. The number of carbonyl (C=O) groups is 1. The summed E-state index contributed by atoms with van der Waals surface area (Å²) in [5.74, 6) is -0.617. The number of unbranched alkanes of at least 4 members (excludes halogenated alkanes) is 1. The van der Waals surface area contributed by atoms with Gasteiger partial charge in [-0.3, -0.25) is 9.90 Å². The summed E-state index contributed by atoms with van der Waals surface area (Å²) >= 11 is 0. The van der Waals surface area contributed by atoms with Crippen LogP contribution in [0.25, 0.3) is 0 Å². The second-order valence-electron chi connectivity index (χ2n) is 2.83. The smallest absolute Gasteiger partial charge is 0.260 e. The van der Waals surface area contributed by atoms with Crippen LogP contribution >= 0.6 is 0 Å². The Balaban J connectivity index is 2.45. The SMILES string of the molecule is CCCCNC(=O)c1cc[nH]c1[O]. The lowest BCUT2D eigenvalue weighted by atomic mass is 10.3. The van der Waals surface area contributed by atoms with Crippen molar-refractivity contribution in [3.63, 3.8) is 0 Å². The van der Waals surface area contributed by atoms with Gasteiger partial charge < -0.3 is 10.3 Å². The molecule has 1 radical (unpaired) electrons. The minimum absolute atomic E-state index is 0.191. The highest BCUT2D eigenvalue weighted by atomic mass is 16.3. The van der Waals surface area contributed by atoms with Crippen LogP contribution in [0.5, 0.6) is 5.88 Å². The molecule has 0 bridgehead atoms. The Kier molecular flexibility index (Phi) is 3.37. The molecule has 0 fully saturated rings. The van der Waals surface area contributed by atoms with Gasteiger partial charge in [0.25, 0.3) is 11.8 Å². The van der Waals surface area contributed by atoms with E-state index in [-0.39, 0.29) is 17.4 Å². The molecule has 0 saturated carbocycles. The largest absolute Gasteiger partial charge is 0.352 e. The minimum atomic E-state index is -0.325. The van der Waals surface area contributed by atoms with Crippen molar-refractivity contribution in [1.82, 2.24) is 10.3 Å². The second-order valence-corrected chi connectivity index (χ2v) is 2.83. The van der Waals surface area contributed by atoms with Crippen LogP contribution in [0.2, 0.25) is 0 Å². The molecule has 1 rings (SSSR count). The first-order valence-corrected chi connectivity index (χ1v) is 4.38. The zero-order valence-electron chi connectivity index (χ0n) is 7.59. The Bertz CT molecular complexity index is 281. The normalized spacial score (nSPS) is 9.92. The van der Waals surface area contributed by atoms with Crippen LogP contribution in [0.3, 0.4) is 0 Å². The van der Waals surface area contributed by atoms with Crippen molar-refractivity contribution in [2.75, 3.05) is 6.54 Å². The van der Waals surface area contributed by atoms with Crippen LogP contribution in [-0.2, 0) is 5.11 Å². The van der Waals surface area contributed by atoms with Gasteiger partial charge in [-0.2, -0.15) is 0 Å². The molecule has 2 N–H and O–H groups in total. The average molecular weight is 181 g/mol. The van der Waals surface area contributed by atoms with Gasteiger partial charge in [0.05, 0.1) is 0 Å². The number of aromatic amines is 1. The summed E-state index contributed by atoms with van der Waals surface area (Å²) in [6.45, 7) is 2.67. The van der Waals surface area contributed by atoms with Crippen molar-refractivity contribution >= 4 is 5.91 Å². The van der Waals surface area contributed by atoms with Crippen LogP contribution in [0.4, 0.5) is 0 Å². The maximum Gasteiger partial charge on any atom is 0.260 e. The molecular formula is C9H13N2O2. The van der Waals surface area contributed by atoms with Gasteiger partial charge in [0.1, 0.15) is 5.56 Å². The Morgan fingerprint density at radius 3 is 2.92 bits per heavy atom. The van der Waals surface area contributed by atoms with Crippen LogP contribution in [0.1, 0.15) is 30.1 Å². The molecule has 0 aliphatic rings. The molecule has 1 amide bonds. The van der Waals surface area contributed by atoms with E-state index < -0.39 is 0 Å². The third-order valence-corrected chi connectivity index (χ3v) is 1.77. The lowest BCUT2D eigenvalue weighted by Crippen LogP contribution is -2.23. The Hall–Kier alpha value is -1.45. The Labute approximate surface area is 77.0 Å². The molecule has 0 atom stereocenters. The summed E-state index contributed by atoms with van der Waals surface area (Å²) in [4.78, 5) is 13.7. The summed E-state index contributed by atoms with van der Waals surface area (Å²) in [6, 6.07) is 1.49. The molecule has 71 valence electrons. The van der Waals surface area contributed by atoms with Gasteiger partial charge in [0, 0.05) is 12.7 Å². The van der Waals surface area contributed by atoms with Gasteiger partial charge in [0.2, 0.25) is 0 Å². The van der Waals surface area contributed by atoms with Crippen LogP contribution in [0, 0.1) is 0 Å². The van der Waals surface area contributed by atoms with Crippen LogP contribution in [-0.4, -0.2) is 17.4 Å². The van der Waals surface area contributed by atoms with E-state index in [1.807, 2.05) is 6.92 Å². The quantitative estimate of drug-likeness (QED) is 0.682. The highest BCUT2D eigenvalue weighted by molar-refractivity contribution is 5.96. The average Bonchev–Trinajstić information content (AvgIpc) is 2.52. The number of H-pyrrole nitrogens is 1. The standard InChI is InChI=1S/C9H13N2O2/c1-2-3-5-10-8(12)7-4-6-11-9(7)13/h4,6,11H,2-3,5H2,1H3,(H,10,12). The van der Waals surface area contributed by atoms with E-state index in [0.29, 0.717) is 6.54 Å². The lowest BCUT2D eigenvalue weighted by Gasteiger charge is -2.01. The zero-order chi connectivity index (χ0) is 9.68. The van der Waals surface area contributed by atoms with Crippen molar-refractivity contribution in [2.24, 2.45) is 0 Å².